The number of para-hydroxylation sites is 3. The molecule has 0 saturated heterocycles. The van der Waals surface area contributed by atoms with Gasteiger partial charge in [-0.1, -0.05) is 140 Å². The maximum Gasteiger partial charge on any atom is 0.135 e. The summed E-state index contributed by atoms with van der Waals surface area (Å²) in [5.41, 5.74) is 18.0. The fraction of sp³-hybridized carbons (Fsp3) is 0. The van der Waals surface area contributed by atoms with Gasteiger partial charge in [0.05, 0.1) is 0 Å². The molecule has 0 bridgehead atoms. The molecule has 0 spiro atoms. The summed E-state index contributed by atoms with van der Waals surface area (Å²) >= 11 is 0. The van der Waals surface area contributed by atoms with E-state index < -0.39 is 0 Å². The van der Waals surface area contributed by atoms with Crippen LogP contribution in [0.25, 0.3) is 111 Å². The van der Waals surface area contributed by atoms with Gasteiger partial charge in [-0.25, -0.2) is 0 Å². The van der Waals surface area contributed by atoms with Gasteiger partial charge in [-0.15, -0.1) is 0 Å². The van der Waals surface area contributed by atoms with E-state index in [2.05, 4.69) is 199 Å². The molecular weight excluding hydrogens is 807 g/mol. The van der Waals surface area contributed by atoms with Crippen LogP contribution in [0.4, 0.5) is 17.1 Å². The van der Waals surface area contributed by atoms with Crippen LogP contribution in [0.1, 0.15) is 0 Å². The van der Waals surface area contributed by atoms with E-state index in [-0.39, 0.29) is 0 Å². The predicted molar refractivity (Wildman–Crippen MR) is 273 cm³/mol. The van der Waals surface area contributed by atoms with E-state index in [1.54, 1.807) is 0 Å². The van der Waals surface area contributed by atoms with Gasteiger partial charge in [0.1, 0.15) is 33.7 Å². The lowest BCUT2D eigenvalue weighted by atomic mass is 9.98. The Labute approximate surface area is 380 Å². The fourth-order valence-corrected chi connectivity index (χ4v) is 9.47. The average Bonchev–Trinajstić information content (AvgIpc) is 4.11. The van der Waals surface area contributed by atoms with Gasteiger partial charge < -0.3 is 18.2 Å². The number of benzene rings is 10. The molecule has 0 amide bonds. The van der Waals surface area contributed by atoms with Crippen LogP contribution in [0.15, 0.2) is 250 Å². The number of hydrogen-bond acceptors (Lipinski definition) is 4. The lowest BCUT2D eigenvalue weighted by Crippen LogP contribution is -2.09. The van der Waals surface area contributed by atoms with Crippen LogP contribution in [-0.4, -0.2) is 0 Å². The van der Waals surface area contributed by atoms with Gasteiger partial charge >= 0.3 is 0 Å². The van der Waals surface area contributed by atoms with Crippen molar-refractivity contribution in [3.05, 3.63) is 237 Å². The van der Waals surface area contributed by atoms with Gasteiger partial charge in [0.15, 0.2) is 0 Å². The van der Waals surface area contributed by atoms with E-state index in [1.165, 1.54) is 22.3 Å². The van der Waals surface area contributed by atoms with Crippen molar-refractivity contribution in [1.82, 2.24) is 0 Å². The Hall–Kier alpha value is -8.86. The molecule has 0 aliphatic rings. The second kappa shape index (κ2) is 15.4. The van der Waals surface area contributed by atoms with Crippen molar-refractivity contribution in [2.24, 2.45) is 0 Å². The summed E-state index contributed by atoms with van der Waals surface area (Å²) in [6.45, 7) is 0. The molecule has 0 atom stereocenters. The van der Waals surface area contributed by atoms with Crippen LogP contribution in [-0.2, 0) is 0 Å². The Morgan fingerprint density at radius 3 is 1.00 bits per heavy atom. The number of rotatable bonds is 8. The van der Waals surface area contributed by atoms with Gasteiger partial charge in [-0.2, -0.15) is 0 Å². The molecule has 0 saturated carbocycles. The molecule has 0 radical (unpaired) electrons. The zero-order valence-electron chi connectivity index (χ0n) is 35.7. The summed E-state index contributed by atoms with van der Waals surface area (Å²) in [7, 11) is 0. The van der Waals surface area contributed by atoms with Gasteiger partial charge in [-0.05, 0) is 142 Å². The number of hydrogen-bond donors (Lipinski definition) is 0. The van der Waals surface area contributed by atoms with Gasteiger partial charge in [0.2, 0.25) is 0 Å². The molecule has 66 heavy (non-hydrogen) atoms. The maximum absolute atomic E-state index is 6.24. The van der Waals surface area contributed by atoms with E-state index in [0.29, 0.717) is 0 Å². The minimum absolute atomic E-state index is 0.853. The van der Waals surface area contributed by atoms with Crippen LogP contribution in [0.2, 0.25) is 0 Å². The van der Waals surface area contributed by atoms with Crippen molar-refractivity contribution in [3.8, 4) is 55.8 Å². The van der Waals surface area contributed by atoms with Crippen LogP contribution in [0.3, 0.4) is 0 Å². The highest BCUT2D eigenvalue weighted by molar-refractivity contribution is 6.07. The first-order valence-electron chi connectivity index (χ1n) is 22.3. The number of furan rings is 3. The summed E-state index contributed by atoms with van der Waals surface area (Å²) < 4.78 is 18.4. The zero-order chi connectivity index (χ0) is 43.6. The Morgan fingerprint density at radius 2 is 0.561 bits per heavy atom. The minimum atomic E-state index is 0.853. The summed E-state index contributed by atoms with van der Waals surface area (Å²) in [4.78, 5) is 2.31. The molecule has 3 heterocycles. The van der Waals surface area contributed by atoms with E-state index >= 15 is 0 Å². The van der Waals surface area contributed by atoms with Crippen LogP contribution >= 0.6 is 0 Å². The highest BCUT2D eigenvalue weighted by Gasteiger charge is 2.16. The third kappa shape index (κ3) is 6.63. The SMILES string of the molecule is c1ccc2oc(-c3ccc(N(c4ccc(-c5ccc(-c6ccc7oc8ccccc8c7c6)cc5)cc4)c4ccc(-c5ccc(-c6ccc7oc8ccccc8c7c6)cc5)cc4)cc3)cc2c1. The summed E-state index contributed by atoms with van der Waals surface area (Å²) in [5, 5.41) is 5.64. The lowest BCUT2D eigenvalue weighted by Gasteiger charge is -2.26. The average molecular weight is 846 g/mol. The quantitative estimate of drug-likeness (QED) is 0.153. The van der Waals surface area contributed by atoms with Crippen molar-refractivity contribution in [3.63, 3.8) is 0 Å². The topological polar surface area (TPSA) is 42.7 Å². The van der Waals surface area contributed by atoms with Crippen LogP contribution in [0, 0.1) is 0 Å². The first kappa shape index (κ1) is 37.7. The Morgan fingerprint density at radius 1 is 0.227 bits per heavy atom. The standard InChI is InChI=1S/C62H39NO3/c1-4-10-57-49(7-1)39-62(64-57)46-25-33-52(34-26-46)63(50-29-21-42(22-30-50)40-13-17-44(18-14-40)47-27-35-60-55(37-47)53-8-2-5-11-58(53)65-60)51-31-23-43(24-32-51)41-15-19-45(20-16-41)48-28-36-61-56(38-48)54-9-3-6-12-59(54)66-61/h1-39H. The Kier molecular flexibility index (Phi) is 8.81. The Balaban J connectivity index is 0.800. The van der Waals surface area contributed by atoms with Crippen LogP contribution in [0.5, 0.6) is 0 Å². The predicted octanol–water partition coefficient (Wildman–Crippen LogP) is 18.0. The first-order valence-corrected chi connectivity index (χ1v) is 22.3. The zero-order valence-corrected chi connectivity index (χ0v) is 35.7. The van der Waals surface area contributed by atoms with Crippen molar-refractivity contribution in [2.45, 2.75) is 0 Å². The molecule has 0 N–H and O–H groups in total. The van der Waals surface area contributed by atoms with Crippen molar-refractivity contribution >= 4 is 71.9 Å². The summed E-state index contributed by atoms with van der Waals surface area (Å²) in [6.07, 6.45) is 0. The molecule has 3 aromatic heterocycles. The normalized spacial score (nSPS) is 11.6. The molecule has 4 nitrogen and oxygen atoms in total. The first-order chi connectivity index (χ1) is 32.6. The monoisotopic (exact) mass is 845 g/mol. The molecule has 10 aromatic carbocycles. The van der Waals surface area contributed by atoms with Gasteiger partial charge in [0, 0.05) is 49.6 Å². The van der Waals surface area contributed by atoms with E-state index in [0.717, 1.165) is 105 Å². The van der Waals surface area contributed by atoms with Crippen molar-refractivity contribution < 1.29 is 13.3 Å². The molecule has 0 aliphatic carbocycles. The maximum atomic E-state index is 6.24. The molecule has 0 aliphatic heterocycles. The molecule has 13 aromatic rings. The Bertz CT molecular complexity index is 3660. The summed E-state index contributed by atoms with van der Waals surface area (Å²) in [6, 6.07) is 83.6. The molecule has 0 fully saturated rings. The molecule has 13 rings (SSSR count). The molecule has 4 heteroatoms. The highest BCUT2D eigenvalue weighted by Crippen LogP contribution is 2.40. The van der Waals surface area contributed by atoms with Crippen LogP contribution < -0.4 is 4.90 Å². The highest BCUT2D eigenvalue weighted by atomic mass is 16.3. The van der Waals surface area contributed by atoms with E-state index in [9.17, 15) is 0 Å². The largest absolute Gasteiger partial charge is 0.456 e. The van der Waals surface area contributed by atoms with Gasteiger partial charge in [-0.3, -0.25) is 0 Å². The molecular formula is C62H39NO3. The molecule has 310 valence electrons. The van der Waals surface area contributed by atoms with Gasteiger partial charge in [0.25, 0.3) is 0 Å². The second-order valence-corrected chi connectivity index (χ2v) is 16.9. The summed E-state index contributed by atoms with van der Waals surface area (Å²) in [5.74, 6) is 0.853. The van der Waals surface area contributed by atoms with Crippen molar-refractivity contribution in [2.75, 3.05) is 4.90 Å². The second-order valence-electron chi connectivity index (χ2n) is 16.9. The van der Waals surface area contributed by atoms with Crippen molar-refractivity contribution in [1.29, 1.82) is 0 Å². The number of nitrogens with zero attached hydrogens (tertiary/aromatic N) is 1. The minimum Gasteiger partial charge on any atom is -0.456 e. The van der Waals surface area contributed by atoms with E-state index in [4.69, 9.17) is 13.3 Å². The third-order valence-electron chi connectivity index (χ3n) is 12.9. The van der Waals surface area contributed by atoms with E-state index in [1.807, 2.05) is 42.5 Å². The third-order valence-corrected chi connectivity index (χ3v) is 12.9. The fourth-order valence-electron chi connectivity index (χ4n) is 9.47. The number of anilines is 3. The molecule has 0 unspecified atom stereocenters. The lowest BCUT2D eigenvalue weighted by molar-refractivity contribution is 0.631. The number of fused-ring (bicyclic) bond motifs is 7. The smallest absolute Gasteiger partial charge is 0.135 e.